The molecule has 0 heteroatoms. The Balaban J connectivity index is 1.53. The Labute approximate surface area is 121 Å². The van der Waals surface area contributed by atoms with Crippen LogP contribution in [0.25, 0.3) is 0 Å². The van der Waals surface area contributed by atoms with Crippen molar-refractivity contribution in [2.75, 3.05) is 0 Å². The minimum Gasteiger partial charge on any atom is -0.0917 e. The highest BCUT2D eigenvalue weighted by molar-refractivity contribution is 4.83. The van der Waals surface area contributed by atoms with E-state index in [0.29, 0.717) is 0 Å². The fourth-order valence-corrected chi connectivity index (χ4v) is 4.26. The van der Waals surface area contributed by atoms with E-state index in [1.165, 1.54) is 77.0 Å². The Bertz CT molecular complexity index is 239. The number of rotatable bonds is 6. The maximum atomic E-state index is 2.37. The highest BCUT2D eigenvalue weighted by atomic mass is 14.3. The van der Waals surface area contributed by atoms with Gasteiger partial charge in [0.2, 0.25) is 0 Å². The topological polar surface area (TPSA) is 0 Å². The van der Waals surface area contributed by atoms with Gasteiger partial charge in [-0.15, -0.1) is 0 Å². The van der Waals surface area contributed by atoms with Crippen molar-refractivity contribution in [2.24, 2.45) is 17.8 Å². The molecule has 19 heavy (non-hydrogen) atoms. The second-order valence-electron chi connectivity index (χ2n) is 7.13. The number of hydrogen-bond donors (Lipinski definition) is 0. The van der Waals surface area contributed by atoms with E-state index in [1.54, 1.807) is 6.42 Å². The first kappa shape index (κ1) is 15.1. The van der Waals surface area contributed by atoms with Crippen molar-refractivity contribution in [3.8, 4) is 0 Å². The first-order chi connectivity index (χ1) is 9.38. The van der Waals surface area contributed by atoms with E-state index in [4.69, 9.17) is 0 Å². The quantitative estimate of drug-likeness (QED) is 0.479. The summed E-state index contributed by atoms with van der Waals surface area (Å²) in [6, 6.07) is 0. The molecule has 0 amide bonds. The smallest absolute Gasteiger partial charge is 0.0322 e. The fraction of sp³-hybridized carbons (Fsp3) is 0.895. The van der Waals surface area contributed by atoms with E-state index < -0.39 is 0 Å². The Morgan fingerprint density at radius 2 is 1.32 bits per heavy atom. The van der Waals surface area contributed by atoms with Gasteiger partial charge in [0.25, 0.3) is 0 Å². The molecule has 0 nitrogen and oxygen atoms in total. The predicted molar refractivity (Wildman–Crippen MR) is 85.3 cm³/mol. The zero-order chi connectivity index (χ0) is 13.3. The van der Waals surface area contributed by atoms with Crippen LogP contribution in [0.3, 0.4) is 0 Å². The molecule has 0 aliphatic heterocycles. The summed E-state index contributed by atoms with van der Waals surface area (Å²) in [5, 5.41) is 0. The first-order valence-electron chi connectivity index (χ1n) is 8.99. The lowest BCUT2D eigenvalue weighted by Crippen LogP contribution is -2.14. The van der Waals surface area contributed by atoms with Gasteiger partial charge in [0.1, 0.15) is 0 Å². The van der Waals surface area contributed by atoms with Gasteiger partial charge in [0, 0.05) is 0 Å². The van der Waals surface area contributed by atoms with Gasteiger partial charge in [-0.25, -0.2) is 0 Å². The van der Waals surface area contributed by atoms with E-state index in [1.807, 2.05) is 0 Å². The van der Waals surface area contributed by atoms with E-state index >= 15 is 0 Å². The van der Waals surface area contributed by atoms with Gasteiger partial charge >= 0.3 is 0 Å². The molecule has 0 heterocycles. The van der Waals surface area contributed by atoms with Gasteiger partial charge in [-0.2, -0.15) is 0 Å². The van der Waals surface area contributed by atoms with Crippen molar-refractivity contribution in [2.45, 2.75) is 90.4 Å². The molecule has 110 valence electrons. The third-order valence-corrected chi connectivity index (χ3v) is 5.62. The Kier molecular flexibility index (Phi) is 7.03. The van der Waals surface area contributed by atoms with Crippen molar-refractivity contribution < 1.29 is 0 Å². The second-order valence-corrected chi connectivity index (χ2v) is 7.13. The molecule has 0 saturated heterocycles. The molecule has 0 bridgehead atoms. The first-order valence-corrected chi connectivity index (χ1v) is 8.99. The highest BCUT2D eigenvalue weighted by Gasteiger charge is 2.20. The maximum Gasteiger partial charge on any atom is -0.0322 e. The summed E-state index contributed by atoms with van der Waals surface area (Å²) >= 11 is 0. The lowest BCUT2D eigenvalue weighted by molar-refractivity contribution is 0.248. The Hall–Kier alpha value is -0.260. The van der Waals surface area contributed by atoms with Crippen LogP contribution in [0.15, 0.2) is 12.2 Å². The van der Waals surface area contributed by atoms with Gasteiger partial charge in [-0.1, -0.05) is 76.4 Å². The van der Waals surface area contributed by atoms with Crippen LogP contribution in [0, 0.1) is 17.8 Å². The Morgan fingerprint density at radius 1 is 0.737 bits per heavy atom. The third-order valence-electron chi connectivity index (χ3n) is 5.62. The van der Waals surface area contributed by atoms with Crippen LogP contribution >= 0.6 is 0 Å². The van der Waals surface area contributed by atoms with E-state index in [2.05, 4.69) is 19.1 Å². The monoisotopic (exact) mass is 262 g/mol. The van der Waals surface area contributed by atoms with Gasteiger partial charge < -0.3 is 0 Å². The van der Waals surface area contributed by atoms with Crippen LogP contribution in [0.4, 0.5) is 0 Å². The minimum atomic E-state index is 1.01. The summed E-state index contributed by atoms with van der Waals surface area (Å²) in [6.45, 7) is 2.15. The molecule has 0 radical (unpaired) electrons. The van der Waals surface area contributed by atoms with Crippen LogP contribution in [0.5, 0.6) is 0 Å². The van der Waals surface area contributed by atoms with Gasteiger partial charge in [0.15, 0.2) is 0 Å². The van der Waals surface area contributed by atoms with Crippen LogP contribution in [0.2, 0.25) is 0 Å². The summed E-state index contributed by atoms with van der Waals surface area (Å²) in [5.74, 6) is 3.18. The van der Waals surface area contributed by atoms with E-state index in [9.17, 15) is 0 Å². The molecule has 0 aromatic heterocycles. The maximum absolute atomic E-state index is 2.37. The summed E-state index contributed by atoms with van der Waals surface area (Å²) < 4.78 is 0. The molecule has 2 aliphatic rings. The largest absolute Gasteiger partial charge is 0.0917 e. The van der Waals surface area contributed by atoms with Gasteiger partial charge in [0.05, 0.1) is 0 Å². The summed E-state index contributed by atoms with van der Waals surface area (Å²) in [4.78, 5) is 0. The predicted octanol–water partition coefficient (Wildman–Crippen LogP) is 6.51. The summed E-state index contributed by atoms with van der Waals surface area (Å²) in [7, 11) is 0. The fourth-order valence-electron chi connectivity index (χ4n) is 4.26. The van der Waals surface area contributed by atoms with Gasteiger partial charge in [-0.05, 0) is 43.9 Å². The van der Waals surface area contributed by atoms with E-state index in [-0.39, 0.29) is 0 Å². The average Bonchev–Trinajstić information content (AvgIpc) is 2.47. The van der Waals surface area contributed by atoms with Crippen molar-refractivity contribution >= 4 is 0 Å². The van der Waals surface area contributed by atoms with Crippen molar-refractivity contribution in [1.29, 1.82) is 0 Å². The van der Waals surface area contributed by atoms with Crippen molar-refractivity contribution in [3.63, 3.8) is 0 Å². The molecule has 0 unspecified atom stereocenters. The molecular weight excluding hydrogens is 228 g/mol. The third kappa shape index (κ3) is 5.71. The standard InChI is InChI=1S/C19H34/c1-2-3-8-18-13-15-19(16-14-18)12-7-11-17-9-5-4-6-10-17/h2-3,17-19H,4-16H2,1H3. The minimum absolute atomic E-state index is 1.01. The SMILES string of the molecule is CC=CCC1CCC(CCCC2CCCCC2)CC1. The lowest BCUT2D eigenvalue weighted by atomic mass is 9.77. The molecule has 2 fully saturated rings. The molecule has 0 aromatic carbocycles. The summed E-state index contributed by atoms with van der Waals surface area (Å²) in [6.07, 6.45) is 24.2. The molecule has 0 aromatic rings. The zero-order valence-corrected chi connectivity index (χ0v) is 13.1. The second kappa shape index (κ2) is 8.82. The average molecular weight is 262 g/mol. The highest BCUT2D eigenvalue weighted by Crippen LogP contribution is 2.35. The van der Waals surface area contributed by atoms with Crippen molar-refractivity contribution in [1.82, 2.24) is 0 Å². The molecule has 0 atom stereocenters. The lowest BCUT2D eigenvalue weighted by Gasteiger charge is -2.28. The molecule has 2 rings (SSSR count). The van der Waals surface area contributed by atoms with Crippen LogP contribution in [0.1, 0.15) is 90.4 Å². The number of allylic oxidation sites excluding steroid dienone is 2. The molecule has 0 N–H and O–H groups in total. The normalized spacial score (nSPS) is 29.9. The molecule has 0 spiro atoms. The van der Waals surface area contributed by atoms with Crippen LogP contribution in [-0.4, -0.2) is 0 Å². The number of hydrogen-bond acceptors (Lipinski definition) is 0. The van der Waals surface area contributed by atoms with Crippen LogP contribution < -0.4 is 0 Å². The van der Waals surface area contributed by atoms with Crippen molar-refractivity contribution in [3.05, 3.63) is 12.2 Å². The van der Waals surface area contributed by atoms with E-state index in [0.717, 1.165) is 17.8 Å². The zero-order valence-electron chi connectivity index (χ0n) is 13.1. The molecular formula is C19H34. The Morgan fingerprint density at radius 3 is 1.95 bits per heavy atom. The molecule has 2 aliphatic carbocycles. The van der Waals surface area contributed by atoms with Gasteiger partial charge in [-0.3, -0.25) is 0 Å². The summed E-state index contributed by atoms with van der Waals surface area (Å²) in [5.41, 5.74) is 0. The molecule has 2 saturated carbocycles. The van der Waals surface area contributed by atoms with Crippen LogP contribution in [-0.2, 0) is 0 Å².